The Morgan fingerprint density at radius 3 is 1.43 bits per heavy atom. The lowest BCUT2D eigenvalue weighted by molar-refractivity contribution is 0.600. The summed E-state index contributed by atoms with van der Waals surface area (Å²) < 4.78 is 47.2. The van der Waals surface area contributed by atoms with E-state index in [2.05, 4.69) is 0 Å². The molecule has 0 saturated carbocycles. The first-order valence-corrected chi connectivity index (χ1v) is 19.2. The highest BCUT2D eigenvalue weighted by Gasteiger charge is 2.24. The summed E-state index contributed by atoms with van der Waals surface area (Å²) in [4.78, 5) is -0.679. The van der Waals surface area contributed by atoms with E-state index in [9.17, 15) is 16.8 Å². The van der Waals surface area contributed by atoms with Gasteiger partial charge in [0.15, 0.2) is 19.7 Å². The monoisotopic (exact) mass is 790 g/mol. The second-order valence-electron chi connectivity index (χ2n) is 9.39. The molecule has 0 saturated heterocycles. The van der Waals surface area contributed by atoms with E-state index >= 15 is 0 Å². The molecule has 0 aromatic heterocycles. The normalized spacial score (nSPS) is 12.3. The Kier molecular flexibility index (Phi) is 13.2. The SMILES string of the molecule is CS(=O)(=O)c1cc(C(=C(Cl)Cl)c2ccc(Cl)cc2)ccc1Cl.CS(=O)(=O)c1cc(C(c2ccc(Cl)cc2)C(Cl)Cl)ccc1Cl. The quantitative estimate of drug-likeness (QED) is 0.175. The van der Waals surface area contributed by atoms with E-state index in [0.29, 0.717) is 32.3 Å². The zero-order valence-corrected chi connectivity index (χ0v) is 30.4. The second kappa shape index (κ2) is 15.6. The summed E-state index contributed by atoms with van der Waals surface area (Å²) in [5.41, 5.74) is 3.27. The minimum atomic E-state index is -3.47. The van der Waals surface area contributed by atoms with Crippen LogP contribution in [0.25, 0.3) is 5.57 Å². The minimum Gasteiger partial charge on any atom is -0.224 e. The molecular weight excluding hydrogens is 772 g/mol. The van der Waals surface area contributed by atoms with Gasteiger partial charge in [0.2, 0.25) is 0 Å². The third-order valence-electron chi connectivity index (χ3n) is 6.14. The molecule has 0 bridgehead atoms. The first kappa shape index (κ1) is 37.3. The van der Waals surface area contributed by atoms with E-state index < -0.39 is 30.4 Å². The van der Waals surface area contributed by atoms with Gasteiger partial charge in [0, 0.05) is 34.0 Å². The Bertz CT molecular complexity index is 1890. The number of alkyl halides is 2. The fourth-order valence-electron chi connectivity index (χ4n) is 4.10. The number of hydrogen-bond acceptors (Lipinski definition) is 4. The molecule has 4 aromatic carbocycles. The van der Waals surface area contributed by atoms with Crippen LogP contribution in [0.1, 0.15) is 28.2 Å². The van der Waals surface area contributed by atoms with Crippen molar-refractivity contribution in [2.24, 2.45) is 0 Å². The highest BCUT2D eigenvalue weighted by molar-refractivity contribution is 7.91. The van der Waals surface area contributed by atoms with Crippen LogP contribution in [0, 0.1) is 0 Å². The van der Waals surface area contributed by atoms with Crippen LogP contribution in [0.2, 0.25) is 20.1 Å². The number of halogens is 8. The average molecular weight is 794 g/mol. The van der Waals surface area contributed by atoms with E-state index in [4.69, 9.17) is 92.8 Å². The van der Waals surface area contributed by atoms with Crippen LogP contribution in [0.3, 0.4) is 0 Å². The van der Waals surface area contributed by atoms with Crippen LogP contribution in [-0.4, -0.2) is 34.2 Å². The van der Waals surface area contributed by atoms with Crippen molar-refractivity contribution in [1.29, 1.82) is 0 Å². The van der Waals surface area contributed by atoms with Crippen LogP contribution < -0.4 is 0 Å². The fraction of sp³-hybridized carbons (Fsp3) is 0.133. The molecule has 4 rings (SSSR count). The van der Waals surface area contributed by atoms with Crippen molar-refractivity contribution in [2.75, 3.05) is 12.5 Å². The Morgan fingerprint density at radius 1 is 0.568 bits per heavy atom. The van der Waals surface area contributed by atoms with Gasteiger partial charge in [0.05, 0.1) is 19.8 Å². The zero-order chi connectivity index (χ0) is 33.0. The predicted octanol–water partition coefficient (Wildman–Crippen LogP) is 10.9. The summed E-state index contributed by atoms with van der Waals surface area (Å²) in [5.74, 6) is -0.390. The maximum atomic E-state index is 11.8. The molecule has 0 radical (unpaired) electrons. The molecule has 4 aromatic rings. The first-order chi connectivity index (χ1) is 20.4. The van der Waals surface area contributed by atoms with Crippen LogP contribution in [0.15, 0.2) is 99.2 Å². The minimum absolute atomic E-state index is 0.0177. The van der Waals surface area contributed by atoms with Gasteiger partial charge >= 0.3 is 0 Å². The van der Waals surface area contributed by atoms with Gasteiger partial charge in [0.1, 0.15) is 9.33 Å². The van der Waals surface area contributed by atoms with Crippen molar-refractivity contribution in [1.82, 2.24) is 0 Å². The summed E-state index contributed by atoms with van der Waals surface area (Å²) in [6, 6.07) is 23.3. The van der Waals surface area contributed by atoms with Crippen LogP contribution in [-0.2, 0) is 19.7 Å². The summed E-state index contributed by atoms with van der Waals surface area (Å²) in [6.45, 7) is 0. The van der Waals surface area contributed by atoms with E-state index in [0.717, 1.165) is 18.1 Å². The second-order valence-corrected chi connectivity index (χ2v) is 17.2. The molecule has 1 atom stereocenters. The summed E-state index contributed by atoms with van der Waals surface area (Å²) in [5, 5.41) is 1.48. The van der Waals surface area contributed by atoms with Gasteiger partial charge in [-0.2, -0.15) is 0 Å². The van der Waals surface area contributed by atoms with Gasteiger partial charge in [-0.25, -0.2) is 16.8 Å². The topological polar surface area (TPSA) is 68.3 Å². The van der Waals surface area contributed by atoms with Crippen molar-refractivity contribution in [3.63, 3.8) is 0 Å². The molecule has 0 N–H and O–H groups in total. The summed E-state index contributed by atoms with van der Waals surface area (Å²) in [6.07, 6.45) is 2.19. The molecular formula is C30H22Cl8O4S2. The molecule has 1 unspecified atom stereocenters. The molecule has 0 amide bonds. The molecule has 44 heavy (non-hydrogen) atoms. The van der Waals surface area contributed by atoms with Crippen LogP contribution in [0.5, 0.6) is 0 Å². The first-order valence-electron chi connectivity index (χ1n) is 12.2. The summed E-state index contributed by atoms with van der Waals surface area (Å²) >= 11 is 47.9. The lowest BCUT2D eigenvalue weighted by Gasteiger charge is -2.20. The number of hydrogen-bond donors (Lipinski definition) is 0. The molecule has 0 spiro atoms. The smallest absolute Gasteiger partial charge is 0.177 e. The third-order valence-corrected chi connectivity index (χ3v) is 10.7. The van der Waals surface area contributed by atoms with E-state index in [1.165, 1.54) is 24.3 Å². The van der Waals surface area contributed by atoms with E-state index in [1.54, 1.807) is 60.7 Å². The van der Waals surface area contributed by atoms with Crippen molar-refractivity contribution in [2.45, 2.75) is 20.5 Å². The Labute approximate surface area is 297 Å². The average Bonchev–Trinajstić information content (AvgIpc) is 2.92. The Balaban J connectivity index is 0.000000240. The molecule has 14 heteroatoms. The fourth-order valence-corrected chi connectivity index (χ4v) is 7.98. The third kappa shape index (κ3) is 9.92. The van der Waals surface area contributed by atoms with Crippen molar-refractivity contribution < 1.29 is 16.8 Å². The molecule has 0 aliphatic rings. The Morgan fingerprint density at radius 2 is 0.977 bits per heavy atom. The molecule has 0 aliphatic carbocycles. The zero-order valence-electron chi connectivity index (χ0n) is 22.7. The molecule has 4 nitrogen and oxygen atoms in total. The largest absolute Gasteiger partial charge is 0.224 e. The highest BCUT2D eigenvalue weighted by atomic mass is 35.5. The molecule has 0 aliphatic heterocycles. The standard InChI is InChI=1S/C15H12Cl4O2S.C15H10Cl4O2S/c2*1-22(20,21)13-8-10(4-7-12(13)17)14(15(18)19)9-2-5-11(16)6-3-9/h2-8,14-15H,1H3;2-8H,1H3. The van der Waals surface area contributed by atoms with E-state index in [1.807, 2.05) is 0 Å². The number of sulfone groups is 2. The molecule has 234 valence electrons. The lowest BCUT2D eigenvalue weighted by Crippen LogP contribution is -2.10. The maximum absolute atomic E-state index is 11.8. The number of rotatable bonds is 7. The van der Waals surface area contributed by atoms with Crippen LogP contribution >= 0.6 is 92.8 Å². The molecule has 0 fully saturated rings. The lowest BCUT2D eigenvalue weighted by atomic mass is 9.93. The predicted molar refractivity (Wildman–Crippen MR) is 187 cm³/mol. The van der Waals surface area contributed by atoms with E-state index in [-0.39, 0.29) is 24.3 Å². The van der Waals surface area contributed by atoms with Gasteiger partial charge in [-0.15, -0.1) is 23.2 Å². The van der Waals surface area contributed by atoms with Gasteiger partial charge in [0.25, 0.3) is 0 Å². The van der Waals surface area contributed by atoms with Gasteiger partial charge in [-0.1, -0.05) is 106 Å². The summed E-state index contributed by atoms with van der Waals surface area (Å²) in [7, 11) is -6.91. The van der Waals surface area contributed by atoms with Gasteiger partial charge in [-0.05, 0) is 70.8 Å². The number of benzene rings is 4. The van der Waals surface area contributed by atoms with Gasteiger partial charge < -0.3 is 0 Å². The van der Waals surface area contributed by atoms with Crippen LogP contribution in [0.4, 0.5) is 0 Å². The maximum Gasteiger partial charge on any atom is 0.177 e. The van der Waals surface area contributed by atoms with Crippen molar-refractivity contribution >= 4 is 118 Å². The van der Waals surface area contributed by atoms with Gasteiger partial charge in [-0.3, -0.25) is 0 Å². The Hall–Kier alpha value is -1.16. The van der Waals surface area contributed by atoms with Crippen molar-refractivity contribution in [3.05, 3.63) is 132 Å². The van der Waals surface area contributed by atoms with Crippen molar-refractivity contribution in [3.8, 4) is 0 Å². The highest BCUT2D eigenvalue weighted by Crippen LogP contribution is 2.37. The molecule has 0 heterocycles.